The Balaban J connectivity index is 2.22. The second-order valence-corrected chi connectivity index (χ2v) is 5.76. The molecule has 1 heterocycles. The molecule has 0 aliphatic carbocycles. The molecule has 2 aromatic rings. The van der Waals surface area contributed by atoms with Crippen LogP contribution in [-0.4, -0.2) is 11.1 Å². The zero-order chi connectivity index (χ0) is 13.1. The lowest BCUT2D eigenvalue weighted by Crippen LogP contribution is -2.11. The highest BCUT2D eigenvalue weighted by Gasteiger charge is 2.12. The maximum atomic E-state index is 6.24. The van der Waals surface area contributed by atoms with Crippen molar-refractivity contribution in [3.05, 3.63) is 45.9 Å². The van der Waals surface area contributed by atoms with E-state index < -0.39 is 0 Å². The minimum atomic E-state index is -0.132. The maximum Gasteiger partial charge on any atom is 0.120 e. The summed E-state index contributed by atoms with van der Waals surface area (Å²) in [5.74, 6) is 0.860. The molecule has 0 amide bonds. The molecule has 18 heavy (non-hydrogen) atoms. The second-order valence-electron chi connectivity index (χ2n) is 4.50. The molecule has 1 atom stereocenters. The van der Waals surface area contributed by atoms with Gasteiger partial charge in [0.25, 0.3) is 0 Å². The first kappa shape index (κ1) is 13.1. The third-order valence-electron chi connectivity index (χ3n) is 2.53. The fraction of sp³-hybridized carbons (Fsp3) is 0.357. The molecule has 1 aromatic heterocycles. The summed E-state index contributed by atoms with van der Waals surface area (Å²) in [6.45, 7) is 6.01. The molecule has 0 aliphatic rings. The summed E-state index contributed by atoms with van der Waals surface area (Å²) in [5.41, 5.74) is 7.30. The average Bonchev–Trinajstić information content (AvgIpc) is 2.74. The number of aromatic nitrogens is 1. The summed E-state index contributed by atoms with van der Waals surface area (Å²) in [6.07, 6.45) is 2.02. The predicted molar refractivity (Wildman–Crippen MR) is 75.1 cm³/mol. The SMILES string of the molecule is Cc1ncc(C(N)c2cccc(OC(C)C)c2)s1. The molecule has 0 saturated heterocycles. The zero-order valence-electron chi connectivity index (χ0n) is 10.9. The van der Waals surface area contributed by atoms with Crippen LogP contribution >= 0.6 is 11.3 Å². The van der Waals surface area contributed by atoms with E-state index in [2.05, 4.69) is 4.98 Å². The monoisotopic (exact) mass is 262 g/mol. The Bertz CT molecular complexity index is 522. The summed E-state index contributed by atoms with van der Waals surface area (Å²) < 4.78 is 5.68. The number of ether oxygens (including phenoxy) is 1. The van der Waals surface area contributed by atoms with Crippen molar-refractivity contribution in [1.82, 2.24) is 4.98 Å². The van der Waals surface area contributed by atoms with E-state index in [9.17, 15) is 0 Å². The Labute approximate surface area is 112 Å². The van der Waals surface area contributed by atoms with Crippen LogP contribution in [0.2, 0.25) is 0 Å². The lowest BCUT2D eigenvalue weighted by atomic mass is 10.1. The lowest BCUT2D eigenvalue weighted by molar-refractivity contribution is 0.242. The topological polar surface area (TPSA) is 48.1 Å². The molecule has 1 unspecified atom stereocenters. The smallest absolute Gasteiger partial charge is 0.120 e. The van der Waals surface area contributed by atoms with Crippen LogP contribution in [0.25, 0.3) is 0 Å². The first-order chi connectivity index (χ1) is 8.56. The Morgan fingerprint density at radius 1 is 1.33 bits per heavy atom. The van der Waals surface area contributed by atoms with E-state index in [1.165, 1.54) is 0 Å². The number of rotatable bonds is 4. The van der Waals surface area contributed by atoms with Crippen LogP contribution in [0.4, 0.5) is 0 Å². The van der Waals surface area contributed by atoms with Crippen LogP contribution in [0.3, 0.4) is 0 Å². The molecule has 1 aromatic carbocycles. The number of nitrogens with zero attached hydrogens (tertiary/aromatic N) is 1. The van der Waals surface area contributed by atoms with Gasteiger partial charge in [0, 0.05) is 11.1 Å². The molecular formula is C14H18N2OS. The van der Waals surface area contributed by atoms with Crippen molar-refractivity contribution < 1.29 is 4.74 Å². The van der Waals surface area contributed by atoms with E-state index >= 15 is 0 Å². The Kier molecular flexibility index (Phi) is 3.99. The number of hydrogen-bond acceptors (Lipinski definition) is 4. The molecule has 2 rings (SSSR count). The summed E-state index contributed by atoms with van der Waals surface area (Å²) in [5, 5.41) is 1.04. The lowest BCUT2D eigenvalue weighted by Gasteiger charge is -2.13. The molecule has 4 heteroatoms. The van der Waals surface area contributed by atoms with Crippen LogP contribution in [0.15, 0.2) is 30.5 Å². The molecule has 3 nitrogen and oxygen atoms in total. The maximum absolute atomic E-state index is 6.24. The fourth-order valence-electron chi connectivity index (χ4n) is 1.74. The number of aryl methyl sites for hydroxylation is 1. The number of nitrogens with two attached hydrogens (primary N) is 1. The number of benzene rings is 1. The minimum Gasteiger partial charge on any atom is -0.491 e. The Morgan fingerprint density at radius 3 is 2.72 bits per heavy atom. The van der Waals surface area contributed by atoms with Gasteiger partial charge in [0.15, 0.2) is 0 Å². The van der Waals surface area contributed by atoms with Crippen LogP contribution in [-0.2, 0) is 0 Å². The van der Waals surface area contributed by atoms with E-state index in [-0.39, 0.29) is 12.1 Å². The highest BCUT2D eigenvalue weighted by molar-refractivity contribution is 7.11. The van der Waals surface area contributed by atoms with E-state index in [0.29, 0.717) is 0 Å². The standard InChI is InChI=1S/C14H18N2OS/c1-9(2)17-12-6-4-5-11(7-12)14(15)13-8-16-10(3)18-13/h4-9,14H,15H2,1-3H3. The summed E-state index contributed by atoms with van der Waals surface area (Å²) in [7, 11) is 0. The molecule has 0 spiro atoms. The van der Waals surface area contributed by atoms with Crippen molar-refractivity contribution in [2.24, 2.45) is 5.73 Å². The van der Waals surface area contributed by atoms with Crippen LogP contribution in [0.1, 0.15) is 35.3 Å². The van der Waals surface area contributed by atoms with Gasteiger partial charge in [-0.2, -0.15) is 0 Å². The van der Waals surface area contributed by atoms with Gasteiger partial charge >= 0.3 is 0 Å². The number of thiazole rings is 1. The third-order valence-corrected chi connectivity index (χ3v) is 3.53. The van der Waals surface area contributed by atoms with Gasteiger partial charge < -0.3 is 10.5 Å². The highest BCUT2D eigenvalue weighted by atomic mass is 32.1. The predicted octanol–water partition coefficient (Wildman–Crippen LogP) is 3.29. The molecule has 0 aliphatic heterocycles. The molecule has 2 N–H and O–H groups in total. The first-order valence-corrected chi connectivity index (χ1v) is 6.82. The van der Waals surface area contributed by atoms with Crippen molar-refractivity contribution in [2.75, 3.05) is 0 Å². The Hall–Kier alpha value is -1.39. The average molecular weight is 262 g/mol. The van der Waals surface area contributed by atoms with Crippen LogP contribution in [0, 0.1) is 6.92 Å². The van der Waals surface area contributed by atoms with Gasteiger partial charge in [0.05, 0.1) is 17.2 Å². The van der Waals surface area contributed by atoms with E-state index in [1.54, 1.807) is 11.3 Å². The van der Waals surface area contributed by atoms with Gasteiger partial charge in [-0.15, -0.1) is 11.3 Å². The molecule has 0 fully saturated rings. The van der Waals surface area contributed by atoms with E-state index in [1.807, 2.05) is 51.2 Å². The first-order valence-electron chi connectivity index (χ1n) is 6.01. The van der Waals surface area contributed by atoms with Gasteiger partial charge in [-0.3, -0.25) is 0 Å². The molecule has 0 saturated carbocycles. The van der Waals surface area contributed by atoms with Gasteiger partial charge in [-0.1, -0.05) is 12.1 Å². The second kappa shape index (κ2) is 5.50. The molecule has 0 bridgehead atoms. The van der Waals surface area contributed by atoms with Gasteiger partial charge in [-0.25, -0.2) is 4.98 Å². The van der Waals surface area contributed by atoms with Gasteiger partial charge in [0.1, 0.15) is 5.75 Å². The van der Waals surface area contributed by atoms with Crippen molar-refractivity contribution in [1.29, 1.82) is 0 Å². The van der Waals surface area contributed by atoms with E-state index in [4.69, 9.17) is 10.5 Å². The van der Waals surface area contributed by atoms with Crippen molar-refractivity contribution in [3.63, 3.8) is 0 Å². The Morgan fingerprint density at radius 2 is 2.11 bits per heavy atom. The van der Waals surface area contributed by atoms with Gasteiger partial charge in [0.2, 0.25) is 0 Å². The molecular weight excluding hydrogens is 244 g/mol. The number of hydrogen-bond donors (Lipinski definition) is 1. The van der Waals surface area contributed by atoms with Crippen LogP contribution < -0.4 is 10.5 Å². The van der Waals surface area contributed by atoms with Crippen molar-refractivity contribution in [3.8, 4) is 5.75 Å². The van der Waals surface area contributed by atoms with Crippen LogP contribution in [0.5, 0.6) is 5.75 Å². The largest absolute Gasteiger partial charge is 0.491 e. The molecule has 96 valence electrons. The van der Waals surface area contributed by atoms with E-state index in [0.717, 1.165) is 21.2 Å². The minimum absolute atomic E-state index is 0.132. The highest BCUT2D eigenvalue weighted by Crippen LogP contribution is 2.27. The summed E-state index contributed by atoms with van der Waals surface area (Å²) >= 11 is 1.63. The van der Waals surface area contributed by atoms with Gasteiger partial charge in [-0.05, 0) is 38.5 Å². The normalized spacial score (nSPS) is 12.7. The van der Waals surface area contributed by atoms with Crippen molar-refractivity contribution >= 4 is 11.3 Å². The fourth-order valence-corrected chi connectivity index (χ4v) is 2.55. The molecule has 0 radical (unpaired) electrons. The quantitative estimate of drug-likeness (QED) is 0.919. The summed E-state index contributed by atoms with van der Waals surface area (Å²) in [4.78, 5) is 5.32. The zero-order valence-corrected chi connectivity index (χ0v) is 11.7. The van der Waals surface area contributed by atoms with Crippen molar-refractivity contribution in [2.45, 2.75) is 32.9 Å². The summed E-state index contributed by atoms with van der Waals surface area (Å²) in [6, 6.07) is 7.81. The third kappa shape index (κ3) is 3.09.